The van der Waals surface area contributed by atoms with Crippen molar-refractivity contribution in [2.24, 2.45) is 11.8 Å². The first-order valence-corrected chi connectivity index (χ1v) is 15.7. The van der Waals surface area contributed by atoms with Gasteiger partial charge >= 0.3 is 19.8 Å². The van der Waals surface area contributed by atoms with Crippen molar-refractivity contribution < 1.29 is 51.9 Å². The van der Waals surface area contributed by atoms with Crippen molar-refractivity contribution in [3.8, 4) is 11.5 Å². The minimum atomic E-state index is -4.51. The van der Waals surface area contributed by atoms with Crippen molar-refractivity contribution >= 4 is 44.2 Å². The second-order valence-corrected chi connectivity index (χ2v) is 12.3. The summed E-state index contributed by atoms with van der Waals surface area (Å²) in [5, 5.41) is 13.1. The number of phosphoric ester groups is 1. The van der Waals surface area contributed by atoms with Crippen molar-refractivity contribution in [2.45, 2.75) is 44.6 Å². The van der Waals surface area contributed by atoms with Crippen molar-refractivity contribution in [1.29, 1.82) is 0 Å². The number of fused-ring (bicyclic) bond motifs is 1. The first-order valence-electron chi connectivity index (χ1n) is 13.7. The van der Waals surface area contributed by atoms with E-state index < -0.39 is 56.4 Å². The van der Waals surface area contributed by atoms with Gasteiger partial charge in [0.25, 0.3) is 0 Å². The van der Waals surface area contributed by atoms with Crippen LogP contribution >= 0.6 is 20.5 Å². The first-order chi connectivity index (χ1) is 20.9. The zero-order chi connectivity index (χ0) is 32.0. The fraction of sp³-hybridized carbons (Fsp3) is 0.379. The van der Waals surface area contributed by atoms with E-state index in [2.05, 4.69) is 22.7 Å². The number of nitrogens with zero attached hydrogens (tertiary/aromatic N) is 1. The fourth-order valence-corrected chi connectivity index (χ4v) is 6.48. The molecule has 3 heterocycles. The predicted octanol–water partition coefficient (Wildman–Crippen LogP) is 3.21. The number of ether oxygens (including phenoxy) is 2. The molecule has 236 valence electrons. The topological polar surface area (TPSA) is 167 Å². The van der Waals surface area contributed by atoms with Crippen LogP contribution in [0.4, 0.5) is 0 Å². The van der Waals surface area contributed by atoms with E-state index in [4.69, 9.17) is 18.3 Å². The Morgan fingerprint density at radius 1 is 1.02 bits per heavy atom. The molecule has 2 N–H and O–H groups in total. The smallest absolute Gasteiger partial charge is 0.428 e. The Hall–Kier alpha value is -4.00. The Morgan fingerprint density at radius 3 is 2.02 bits per heavy atom. The number of benzene rings is 2. The number of esters is 2. The maximum atomic E-state index is 14.0. The quantitative estimate of drug-likeness (QED) is 0.114. The van der Waals surface area contributed by atoms with Gasteiger partial charge in [0.2, 0.25) is 18.6 Å². The van der Waals surface area contributed by atoms with Crippen LogP contribution in [-0.2, 0) is 37.7 Å². The van der Waals surface area contributed by atoms with Crippen molar-refractivity contribution in [2.75, 3.05) is 13.3 Å². The summed E-state index contributed by atoms with van der Waals surface area (Å²) in [6.07, 6.45) is -0.426. The number of carbonyl (C=O) groups is 4. The number of para-hydroxylation sites is 2. The van der Waals surface area contributed by atoms with Gasteiger partial charge in [-0.1, -0.05) is 43.3 Å². The molecule has 2 amide bonds. The van der Waals surface area contributed by atoms with Crippen LogP contribution in [-0.4, -0.2) is 64.5 Å². The molecule has 0 radical (unpaired) electrons. The summed E-state index contributed by atoms with van der Waals surface area (Å²) in [5.74, 6) is -3.48. The highest BCUT2D eigenvalue weighted by Crippen LogP contribution is 2.57. The van der Waals surface area contributed by atoms with Crippen molar-refractivity contribution in [1.82, 2.24) is 10.2 Å². The highest BCUT2D eigenvalue weighted by molar-refractivity contribution is 7.81. The molecule has 2 saturated heterocycles. The Bertz CT molecular complexity index is 1410. The summed E-state index contributed by atoms with van der Waals surface area (Å²) in [6.45, 7) is 4.29. The lowest BCUT2D eigenvalue weighted by molar-refractivity contribution is -0.171. The van der Waals surface area contributed by atoms with Crippen LogP contribution in [0, 0.1) is 11.8 Å². The highest BCUT2D eigenvalue weighted by Gasteiger charge is 2.62. The maximum Gasteiger partial charge on any atom is 0.646 e. The lowest BCUT2D eigenvalue weighted by atomic mass is 9.79. The zero-order valence-corrected chi connectivity index (χ0v) is 25.9. The number of rotatable bonds is 10. The lowest BCUT2D eigenvalue weighted by Crippen LogP contribution is -2.63. The van der Waals surface area contributed by atoms with E-state index in [0.717, 1.165) is 18.4 Å². The Balaban J connectivity index is 0.000000555. The second-order valence-electron chi connectivity index (χ2n) is 10.2. The van der Waals surface area contributed by atoms with E-state index in [1.807, 2.05) is 0 Å². The van der Waals surface area contributed by atoms with Crippen LogP contribution in [0.1, 0.15) is 27.2 Å². The van der Waals surface area contributed by atoms with Crippen LogP contribution in [0.2, 0.25) is 0 Å². The van der Waals surface area contributed by atoms with Crippen molar-refractivity contribution in [3.05, 3.63) is 72.1 Å². The molecular weight excluding hydrogens is 615 g/mol. The molecule has 0 saturated carbocycles. The number of aliphatic hydroxyl groups is 1. The highest BCUT2D eigenvalue weighted by atomic mass is 32.1. The van der Waals surface area contributed by atoms with Crippen LogP contribution < -0.4 is 14.4 Å². The fourth-order valence-electron chi connectivity index (χ4n) is 4.85. The number of thiol groups is 1. The molecule has 3 aliphatic heterocycles. The van der Waals surface area contributed by atoms with Gasteiger partial charge in [0.05, 0.1) is 18.1 Å². The molecule has 2 aromatic rings. The summed E-state index contributed by atoms with van der Waals surface area (Å²) < 4.78 is 40.8. The summed E-state index contributed by atoms with van der Waals surface area (Å²) in [6, 6.07) is 15.6. The van der Waals surface area contributed by atoms with Gasteiger partial charge in [-0.05, 0) is 31.2 Å². The minimum Gasteiger partial charge on any atom is -0.428 e. The van der Waals surface area contributed by atoms with Crippen molar-refractivity contribution in [3.63, 3.8) is 0 Å². The molecule has 0 aliphatic carbocycles. The molecule has 2 fully saturated rings. The number of carbonyl (C=O) groups excluding carboxylic acids is 4. The van der Waals surface area contributed by atoms with Gasteiger partial charge in [-0.2, -0.15) is 17.2 Å². The first kappa shape index (κ1) is 32.9. The van der Waals surface area contributed by atoms with E-state index in [1.54, 1.807) is 67.6 Å². The molecule has 15 heteroatoms. The average molecular weight is 649 g/mol. The SMILES string of the molecule is CC(=O)OCOC(=O)C1=C(OP(=O)(Oc2ccccc2)Oc2ccccc2)[C@H](C)[C@@H]2[C@@H]([C@@H](C)O)C(=O)N12.O=C1C[C@@H](S)CN1. The molecule has 13 nitrogen and oxygen atoms in total. The molecule has 5 rings (SSSR count). The Morgan fingerprint density at radius 2 is 1.59 bits per heavy atom. The molecule has 0 unspecified atom stereocenters. The van der Waals surface area contributed by atoms with Gasteiger partial charge in [0.15, 0.2) is 5.70 Å². The number of aliphatic hydroxyl groups excluding tert-OH is 1. The molecule has 5 atom stereocenters. The predicted molar refractivity (Wildman–Crippen MR) is 158 cm³/mol. The van der Waals surface area contributed by atoms with E-state index in [-0.39, 0.29) is 34.1 Å². The Kier molecular flexibility index (Phi) is 10.6. The number of amides is 2. The Labute approximate surface area is 259 Å². The van der Waals surface area contributed by atoms with E-state index in [1.165, 1.54) is 6.92 Å². The summed E-state index contributed by atoms with van der Waals surface area (Å²) >= 11 is 4.07. The second kappa shape index (κ2) is 14.2. The molecule has 44 heavy (non-hydrogen) atoms. The maximum absolute atomic E-state index is 14.0. The van der Waals surface area contributed by atoms with Crippen LogP contribution in [0.5, 0.6) is 11.5 Å². The number of β-lactam (4-membered cyclic amide) rings is 1. The van der Waals surface area contributed by atoms with Crippen LogP contribution in [0.25, 0.3) is 0 Å². The van der Waals surface area contributed by atoms with Crippen LogP contribution in [0.15, 0.2) is 72.1 Å². The van der Waals surface area contributed by atoms with Gasteiger partial charge < -0.3 is 33.5 Å². The minimum absolute atomic E-state index is 0.125. The largest absolute Gasteiger partial charge is 0.646 e. The summed E-state index contributed by atoms with van der Waals surface area (Å²) in [7, 11) is -4.51. The third-order valence-corrected chi connectivity index (χ3v) is 8.50. The normalized spacial score (nSPS) is 22.9. The lowest BCUT2D eigenvalue weighted by Gasteiger charge is -2.46. The van der Waals surface area contributed by atoms with Gasteiger partial charge in [-0.25, -0.2) is 4.79 Å². The molecule has 0 spiro atoms. The van der Waals surface area contributed by atoms with Gasteiger partial charge in [-0.15, -0.1) is 0 Å². The summed E-state index contributed by atoms with van der Waals surface area (Å²) in [5.41, 5.74) is -0.333. The zero-order valence-electron chi connectivity index (χ0n) is 24.2. The molecule has 3 aliphatic rings. The van der Waals surface area contributed by atoms with Gasteiger partial charge in [-0.3, -0.25) is 19.3 Å². The third-order valence-electron chi connectivity index (χ3n) is 6.84. The molecule has 0 aromatic heterocycles. The number of nitrogens with one attached hydrogen (secondary N) is 1. The van der Waals surface area contributed by atoms with E-state index in [9.17, 15) is 28.8 Å². The number of phosphoric acid groups is 1. The molecule has 0 bridgehead atoms. The molecule has 2 aromatic carbocycles. The number of hydrogen-bond acceptors (Lipinski definition) is 12. The third kappa shape index (κ3) is 7.74. The average Bonchev–Trinajstić information content (AvgIpc) is 3.45. The van der Waals surface area contributed by atoms with Gasteiger partial charge in [0, 0.05) is 31.1 Å². The number of hydrogen-bond donors (Lipinski definition) is 3. The van der Waals surface area contributed by atoms with Crippen LogP contribution in [0.3, 0.4) is 0 Å². The van der Waals surface area contributed by atoms with E-state index in [0.29, 0.717) is 6.42 Å². The monoisotopic (exact) mass is 648 g/mol. The summed E-state index contributed by atoms with van der Waals surface area (Å²) in [4.78, 5) is 48.4. The van der Waals surface area contributed by atoms with Gasteiger partial charge in [0.1, 0.15) is 17.3 Å². The molecular formula is C29H33N2O11PS. The standard InChI is InChI=1S/C25H26NO10P.C4H7NOS/c1-15-21-20(16(2)27)24(29)26(21)22(25(30)33-14-32-17(3)28)23(15)36-37(31,34-18-10-6-4-7-11-18)35-19-12-8-5-9-13-19;6-4-1-3(7)2-5-4/h4-13,15-16,20-21,27H,14H2,1-3H3;3,7H,1-2H2,(H,5,6)/t15-,16-,20-,21-;3-/m11/s1. The van der Waals surface area contributed by atoms with E-state index >= 15 is 0 Å².